The highest BCUT2D eigenvalue weighted by Gasteiger charge is 2.59. The second-order valence-corrected chi connectivity index (χ2v) is 6.24. The van der Waals surface area contributed by atoms with Gasteiger partial charge in [-0.05, 0) is 36.5 Å². The van der Waals surface area contributed by atoms with Crippen molar-refractivity contribution in [2.75, 3.05) is 10.2 Å². The minimum absolute atomic E-state index is 0.105. The number of fused-ring (bicyclic) bond motifs is 5. The normalized spacial score (nSPS) is 31.8. The van der Waals surface area contributed by atoms with Crippen molar-refractivity contribution >= 4 is 29.1 Å². The summed E-state index contributed by atoms with van der Waals surface area (Å²) in [4.78, 5) is 37.9. The van der Waals surface area contributed by atoms with E-state index in [1.54, 1.807) is 24.3 Å². The summed E-state index contributed by atoms with van der Waals surface area (Å²) < 4.78 is 0. The lowest BCUT2D eigenvalue weighted by atomic mass is 9.85. The molecule has 4 atom stereocenters. The van der Waals surface area contributed by atoms with Gasteiger partial charge in [0.05, 0.1) is 17.5 Å². The monoisotopic (exact) mass is 296 g/mol. The van der Waals surface area contributed by atoms with Crippen molar-refractivity contribution in [1.82, 2.24) is 0 Å². The molecule has 3 amide bonds. The van der Waals surface area contributed by atoms with Crippen molar-refractivity contribution in [1.29, 1.82) is 0 Å². The van der Waals surface area contributed by atoms with Gasteiger partial charge in [-0.25, -0.2) is 4.90 Å². The molecule has 1 heterocycles. The molecule has 1 N–H and O–H groups in total. The standard InChI is InChI=1S/C17H16N2O3/c1-9(20)18-12-3-2-4-13(8-12)19-16(21)14-10-5-6-11(7-10)15(14)17(19)22/h2-6,8,10-11,14-15H,7H2,1H3,(H,18,20)/t10-,11+,14+,15-. The average Bonchev–Trinajstić information content (AvgIpc) is 3.12. The molecule has 0 unspecified atom stereocenters. The fourth-order valence-corrected chi connectivity index (χ4v) is 4.08. The van der Waals surface area contributed by atoms with E-state index in [2.05, 4.69) is 17.5 Å². The number of benzene rings is 1. The Morgan fingerprint density at radius 1 is 1.14 bits per heavy atom. The Hall–Kier alpha value is -2.43. The van der Waals surface area contributed by atoms with Crippen LogP contribution in [-0.4, -0.2) is 17.7 Å². The Morgan fingerprint density at radius 2 is 1.77 bits per heavy atom. The van der Waals surface area contributed by atoms with Gasteiger partial charge in [0, 0.05) is 12.6 Å². The number of nitrogens with zero attached hydrogens (tertiary/aromatic N) is 1. The maximum absolute atomic E-state index is 12.7. The lowest BCUT2D eigenvalue weighted by Crippen LogP contribution is -2.32. The number of rotatable bonds is 2. The molecule has 0 spiro atoms. The van der Waals surface area contributed by atoms with Gasteiger partial charge in [0.2, 0.25) is 17.7 Å². The Morgan fingerprint density at radius 3 is 2.36 bits per heavy atom. The van der Waals surface area contributed by atoms with Crippen LogP contribution in [0.5, 0.6) is 0 Å². The Bertz CT molecular complexity index is 694. The molecule has 2 fully saturated rings. The van der Waals surface area contributed by atoms with Crippen molar-refractivity contribution in [3.8, 4) is 0 Å². The molecule has 1 saturated heterocycles. The maximum atomic E-state index is 12.7. The molecule has 112 valence electrons. The van der Waals surface area contributed by atoms with Crippen LogP contribution >= 0.6 is 0 Å². The first-order valence-corrected chi connectivity index (χ1v) is 7.50. The Balaban J connectivity index is 1.68. The van der Waals surface area contributed by atoms with Gasteiger partial charge in [0.1, 0.15) is 0 Å². The first kappa shape index (κ1) is 13.2. The third kappa shape index (κ3) is 1.75. The van der Waals surface area contributed by atoms with Gasteiger partial charge in [0.15, 0.2) is 0 Å². The molecule has 1 aromatic carbocycles. The maximum Gasteiger partial charge on any atom is 0.238 e. The zero-order valence-electron chi connectivity index (χ0n) is 12.2. The largest absolute Gasteiger partial charge is 0.326 e. The fraction of sp³-hybridized carbons (Fsp3) is 0.353. The molecule has 1 aliphatic heterocycles. The van der Waals surface area contributed by atoms with Crippen LogP contribution in [0.3, 0.4) is 0 Å². The zero-order valence-corrected chi connectivity index (χ0v) is 12.2. The molecule has 2 aliphatic carbocycles. The van der Waals surface area contributed by atoms with E-state index in [1.807, 2.05) is 0 Å². The Kier molecular flexibility index (Phi) is 2.73. The predicted octanol–water partition coefficient (Wildman–Crippen LogP) is 1.96. The molecule has 1 saturated carbocycles. The molecule has 4 rings (SSSR count). The third-order valence-corrected chi connectivity index (χ3v) is 4.90. The minimum atomic E-state index is -0.202. The highest BCUT2D eigenvalue weighted by atomic mass is 16.2. The summed E-state index contributed by atoms with van der Waals surface area (Å²) in [5.41, 5.74) is 1.12. The van der Waals surface area contributed by atoms with Crippen LogP contribution in [0.15, 0.2) is 36.4 Å². The van der Waals surface area contributed by atoms with Crippen LogP contribution in [-0.2, 0) is 14.4 Å². The molecule has 1 aromatic rings. The van der Waals surface area contributed by atoms with E-state index in [-0.39, 0.29) is 41.4 Å². The van der Waals surface area contributed by atoms with E-state index in [1.165, 1.54) is 11.8 Å². The van der Waals surface area contributed by atoms with Crippen molar-refractivity contribution < 1.29 is 14.4 Å². The molecule has 22 heavy (non-hydrogen) atoms. The van der Waals surface area contributed by atoms with Crippen LogP contribution in [0.1, 0.15) is 13.3 Å². The second-order valence-electron chi connectivity index (χ2n) is 6.24. The summed E-state index contributed by atoms with van der Waals surface area (Å²) in [5, 5.41) is 2.68. The first-order valence-electron chi connectivity index (χ1n) is 7.50. The highest BCUT2D eigenvalue weighted by molar-refractivity contribution is 6.23. The van der Waals surface area contributed by atoms with Crippen LogP contribution in [0, 0.1) is 23.7 Å². The van der Waals surface area contributed by atoms with Gasteiger partial charge in [-0.3, -0.25) is 14.4 Å². The summed E-state index contributed by atoms with van der Waals surface area (Å²) in [7, 11) is 0. The van der Waals surface area contributed by atoms with Gasteiger partial charge in [-0.15, -0.1) is 0 Å². The van der Waals surface area contributed by atoms with Crippen molar-refractivity contribution in [3.05, 3.63) is 36.4 Å². The van der Waals surface area contributed by atoms with E-state index in [0.29, 0.717) is 11.4 Å². The summed E-state index contributed by atoms with van der Waals surface area (Å²) in [6, 6.07) is 6.88. The van der Waals surface area contributed by atoms with E-state index in [9.17, 15) is 14.4 Å². The number of anilines is 2. The number of hydrogen-bond donors (Lipinski definition) is 1. The van der Waals surface area contributed by atoms with Crippen LogP contribution in [0.4, 0.5) is 11.4 Å². The number of imide groups is 1. The van der Waals surface area contributed by atoms with Gasteiger partial charge < -0.3 is 5.32 Å². The molecule has 5 nitrogen and oxygen atoms in total. The molecule has 0 radical (unpaired) electrons. The van der Waals surface area contributed by atoms with Gasteiger partial charge in [-0.1, -0.05) is 18.2 Å². The number of nitrogens with one attached hydrogen (secondary N) is 1. The zero-order chi connectivity index (χ0) is 15.4. The predicted molar refractivity (Wildman–Crippen MR) is 81.0 cm³/mol. The molecule has 0 aromatic heterocycles. The van der Waals surface area contributed by atoms with Crippen molar-refractivity contribution in [3.63, 3.8) is 0 Å². The number of hydrogen-bond acceptors (Lipinski definition) is 3. The molecular formula is C17H16N2O3. The van der Waals surface area contributed by atoms with Gasteiger partial charge in [0.25, 0.3) is 0 Å². The molecule has 5 heteroatoms. The molecule has 3 aliphatic rings. The van der Waals surface area contributed by atoms with Crippen LogP contribution in [0.25, 0.3) is 0 Å². The van der Waals surface area contributed by atoms with Gasteiger partial charge in [-0.2, -0.15) is 0 Å². The van der Waals surface area contributed by atoms with E-state index in [0.717, 1.165) is 6.42 Å². The number of carbonyl (C=O) groups excluding carboxylic acids is 3. The van der Waals surface area contributed by atoms with Crippen molar-refractivity contribution in [2.24, 2.45) is 23.7 Å². The van der Waals surface area contributed by atoms with Crippen LogP contribution in [0.2, 0.25) is 0 Å². The number of carbonyl (C=O) groups is 3. The Labute approximate surface area is 128 Å². The lowest BCUT2D eigenvalue weighted by molar-refractivity contribution is -0.123. The highest BCUT2D eigenvalue weighted by Crippen LogP contribution is 2.53. The first-order chi connectivity index (χ1) is 10.6. The van der Waals surface area contributed by atoms with Crippen molar-refractivity contribution in [2.45, 2.75) is 13.3 Å². The summed E-state index contributed by atoms with van der Waals surface area (Å²) in [6.45, 7) is 1.42. The fourth-order valence-electron chi connectivity index (χ4n) is 4.08. The smallest absolute Gasteiger partial charge is 0.238 e. The topological polar surface area (TPSA) is 66.5 Å². The third-order valence-electron chi connectivity index (χ3n) is 4.90. The number of amides is 3. The van der Waals surface area contributed by atoms with Crippen LogP contribution < -0.4 is 10.2 Å². The summed E-state index contributed by atoms with van der Waals surface area (Å²) in [6.07, 6.45) is 5.08. The number of allylic oxidation sites excluding steroid dienone is 2. The van der Waals surface area contributed by atoms with Gasteiger partial charge >= 0.3 is 0 Å². The molecule has 2 bridgehead atoms. The van der Waals surface area contributed by atoms with E-state index in [4.69, 9.17) is 0 Å². The van der Waals surface area contributed by atoms with E-state index >= 15 is 0 Å². The van der Waals surface area contributed by atoms with E-state index < -0.39 is 0 Å². The summed E-state index contributed by atoms with van der Waals surface area (Å²) in [5.74, 6) is -0.391. The SMILES string of the molecule is CC(=O)Nc1cccc(N2C(=O)[C@@H]3[C@H](C2=O)[C@H]2C=C[C@@H]3C2)c1. The quantitative estimate of drug-likeness (QED) is 0.670. The molecular weight excluding hydrogens is 280 g/mol. The minimum Gasteiger partial charge on any atom is -0.326 e. The lowest BCUT2D eigenvalue weighted by Gasteiger charge is -2.18. The second kappa shape index (κ2) is 4.53. The summed E-state index contributed by atoms with van der Waals surface area (Å²) >= 11 is 0. The average molecular weight is 296 g/mol.